The number of rotatable bonds is 4. The van der Waals surface area contributed by atoms with Crippen LogP contribution in [0, 0.1) is 11.8 Å². The molecule has 0 aromatic heterocycles. The van der Waals surface area contributed by atoms with Crippen molar-refractivity contribution in [2.24, 2.45) is 11.8 Å². The number of hydrogen-bond donors (Lipinski definition) is 1. The van der Waals surface area contributed by atoms with Crippen LogP contribution in [0.3, 0.4) is 0 Å². The average molecular weight is 380 g/mol. The van der Waals surface area contributed by atoms with Gasteiger partial charge in [0.25, 0.3) is 0 Å². The summed E-state index contributed by atoms with van der Waals surface area (Å²) in [5.41, 5.74) is 2.83. The second-order valence-electron chi connectivity index (χ2n) is 7.39. The van der Waals surface area contributed by atoms with Gasteiger partial charge in [-0.1, -0.05) is 24.3 Å². The molecule has 3 saturated heterocycles. The summed E-state index contributed by atoms with van der Waals surface area (Å²) in [7, 11) is 1.27. The van der Waals surface area contributed by atoms with E-state index in [9.17, 15) is 9.59 Å². The third-order valence-electron chi connectivity index (χ3n) is 5.70. The molecular formula is C22H24N2O4. The molecule has 1 amide bonds. The van der Waals surface area contributed by atoms with Gasteiger partial charge in [-0.25, -0.2) is 4.79 Å². The second kappa shape index (κ2) is 8.02. The zero-order valence-electron chi connectivity index (χ0n) is 15.9. The fraction of sp³-hybridized carbons (Fsp3) is 0.364. The number of nitrogens with zero attached hydrogens (tertiary/aromatic N) is 1. The van der Waals surface area contributed by atoms with Crippen molar-refractivity contribution in [2.75, 3.05) is 32.1 Å². The Morgan fingerprint density at radius 2 is 1.57 bits per heavy atom. The van der Waals surface area contributed by atoms with Crippen LogP contribution in [0.25, 0.3) is 11.1 Å². The van der Waals surface area contributed by atoms with Crippen molar-refractivity contribution < 1.29 is 19.1 Å². The van der Waals surface area contributed by atoms with Gasteiger partial charge in [0.05, 0.1) is 13.0 Å². The molecule has 0 saturated carbocycles. The van der Waals surface area contributed by atoms with Gasteiger partial charge in [0, 0.05) is 12.2 Å². The van der Waals surface area contributed by atoms with Crippen molar-refractivity contribution in [3.63, 3.8) is 0 Å². The van der Waals surface area contributed by atoms with Gasteiger partial charge in [-0.15, -0.1) is 0 Å². The first-order chi connectivity index (χ1) is 13.6. The number of methoxy groups -OCH3 is 1. The third kappa shape index (κ3) is 4.02. The molecule has 6 heteroatoms. The molecule has 3 aliphatic rings. The first-order valence-corrected chi connectivity index (χ1v) is 9.62. The van der Waals surface area contributed by atoms with Crippen LogP contribution >= 0.6 is 0 Å². The second-order valence-corrected chi connectivity index (χ2v) is 7.39. The summed E-state index contributed by atoms with van der Waals surface area (Å²) in [6, 6.07) is 15.0. The van der Waals surface area contributed by atoms with E-state index in [4.69, 9.17) is 4.74 Å². The normalized spacial score (nSPS) is 23.1. The number of nitrogens with one attached hydrogen (secondary N) is 1. The Labute approximate surface area is 164 Å². The lowest BCUT2D eigenvalue weighted by molar-refractivity contribution is -0.125. The van der Waals surface area contributed by atoms with Crippen molar-refractivity contribution in [1.29, 1.82) is 0 Å². The number of amides is 1. The molecule has 2 aromatic carbocycles. The van der Waals surface area contributed by atoms with Gasteiger partial charge in [-0.2, -0.15) is 0 Å². The van der Waals surface area contributed by atoms with E-state index in [1.54, 1.807) is 12.1 Å². The van der Waals surface area contributed by atoms with Gasteiger partial charge in [0.15, 0.2) is 0 Å². The lowest BCUT2D eigenvalue weighted by Gasteiger charge is -2.43. The van der Waals surface area contributed by atoms with Gasteiger partial charge in [0.2, 0.25) is 5.91 Å². The largest absolute Gasteiger partial charge is 0.513 e. The number of piperidine rings is 3. The summed E-state index contributed by atoms with van der Waals surface area (Å²) < 4.78 is 9.46. The molecule has 28 heavy (non-hydrogen) atoms. The fourth-order valence-electron chi connectivity index (χ4n) is 4.10. The van der Waals surface area contributed by atoms with Gasteiger partial charge in [-0.3, -0.25) is 4.79 Å². The minimum Gasteiger partial charge on any atom is -0.437 e. The molecule has 0 aliphatic carbocycles. The summed E-state index contributed by atoms with van der Waals surface area (Å²) in [5.74, 6) is 1.18. The maximum absolute atomic E-state index is 12.7. The maximum Gasteiger partial charge on any atom is 0.513 e. The molecule has 2 aromatic rings. The summed E-state index contributed by atoms with van der Waals surface area (Å²) in [6.07, 6.45) is 1.52. The number of carbonyl (C=O) groups is 2. The molecule has 1 N–H and O–H groups in total. The molecule has 5 rings (SSSR count). The molecule has 6 nitrogen and oxygen atoms in total. The Morgan fingerprint density at radius 1 is 0.964 bits per heavy atom. The zero-order chi connectivity index (χ0) is 19.5. The van der Waals surface area contributed by atoms with Crippen molar-refractivity contribution in [3.8, 4) is 16.9 Å². The third-order valence-corrected chi connectivity index (χ3v) is 5.70. The molecular weight excluding hydrogens is 356 g/mol. The van der Waals surface area contributed by atoms with E-state index in [0.717, 1.165) is 49.3 Å². The summed E-state index contributed by atoms with van der Waals surface area (Å²) >= 11 is 0. The summed E-state index contributed by atoms with van der Waals surface area (Å²) in [5, 5.41) is 3.08. The van der Waals surface area contributed by atoms with Gasteiger partial charge >= 0.3 is 6.16 Å². The van der Waals surface area contributed by atoms with E-state index in [0.29, 0.717) is 11.7 Å². The predicted octanol–water partition coefficient (Wildman–Crippen LogP) is 3.78. The molecule has 0 unspecified atom stereocenters. The monoisotopic (exact) mass is 380 g/mol. The SMILES string of the molecule is COC(=O)Oc1ccc(-c2ccc(NC(=O)[C@@H]3CN4CCC3CC4)cc2)cc1. The highest BCUT2D eigenvalue weighted by molar-refractivity contribution is 5.93. The molecule has 3 fully saturated rings. The zero-order valence-corrected chi connectivity index (χ0v) is 15.9. The highest BCUT2D eigenvalue weighted by Gasteiger charge is 2.38. The fourth-order valence-corrected chi connectivity index (χ4v) is 4.10. The van der Waals surface area contributed by atoms with E-state index in [1.807, 2.05) is 36.4 Å². The van der Waals surface area contributed by atoms with Crippen LogP contribution in [0.4, 0.5) is 10.5 Å². The number of hydrogen-bond acceptors (Lipinski definition) is 5. The molecule has 3 heterocycles. The Morgan fingerprint density at radius 3 is 2.11 bits per heavy atom. The first kappa shape index (κ1) is 18.5. The quantitative estimate of drug-likeness (QED) is 0.646. The highest BCUT2D eigenvalue weighted by Crippen LogP contribution is 2.33. The van der Waals surface area contributed by atoms with Crippen molar-refractivity contribution >= 4 is 17.7 Å². The van der Waals surface area contributed by atoms with Gasteiger partial charge in [-0.05, 0) is 67.2 Å². The van der Waals surface area contributed by atoms with Crippen LogP contribution < -0.4 is 10.1 Å². The minimum atomic E-state index is -0.740. The van der Waals surface area contributed by atoms with Crippen LogP contribution in [-0.4, -0.2) is 43.7 Å². The van der Waals surface area contributed by atoms with Gasteiger partial charge in [0.1, 0.15) is 5.75 Å². The van der Waals surface area contributed by atoms with E-state index in [-0.39, 0.29) is 11.8 Å². The van der Waals surface area contributed by atoms with E-state index in [2.05, 4.69) is 15.0 Å². The van der Waals surface area contributed by atoms with Crippen LogP contribution in [0.5, 0.6) is 5.75 Å². The predicted molar refractivity (Wildman–Crippen MR) is 106 cm³/mol. The molecule has 0 spiro atoms. The van der Waals surface area contributed by atoms with Crippen LogP contribution in [0.15, 0.2) is 48.5 Å². The Bertz CT molecular complexity index is 840. The summed E-state index contributed by atoms with van der Waals surface area (Å²) in [4.78, 5) is 26.2. The Kier molecular flexibility index (Phi) is 5.30. The van der Waals surface area contributed by atoms with E-state index >= 15 is 0 Å². The van der Waals surface area contributed by atoms with E-state index in [1.165, 1.54) is 7.11 Å². The van der Waals surface area contributed by atoms with Crippen LogP contribution in [0.1, 0.15) is 12.8 Å². The lowest BCUT2D eigenvalue weighted by Crippen LogP contribution is -2.51. The molecule has 3 aliphatic heterocycles. The van der Waals surface area contributed by atoms with Gasteiger partial charge < -0.3 is 19.7 Å². The van der Waals surface area contributed by atoms with Crippen LogP contribution in [-0.2, 0) is 9.53 Å². The molecule has 0 radical (unpaired) electrons. The van der Waals surface area contributed by atoms with Crippen molar-refractivity contribution in [3.05, 3.63) is 48.5 Å². The number of fused-ring (bicyclic) bond motifs is 3. The first-order valence-electron chi connectivity index (χ1n) is 9.62. The maximum atomic E-state index is 12.7. The molecule has 146 valence electrons. The summed E-state index contributed by atoms with van der Waals surface area (Å²) in [6.45, 7) is 3.15. The van der Waals surface area contributed by atoms with Crippen molar-refractivity contribution in [2.45, 2.75) is 12.8 Å². The lowest BCUT2D eigenvalue weighted by atomic mass is 9.78. The van der Waals surface area contributed by atoms with Crippen LogP contribution in [0.2, 0.25) is 0 Å². The number of anilines is 1. The topological polar surface area (TPSA) is 67.9 Å². The standard InChI is InChI=1S/C22H24N2O4/c1-27-22(26)28-19-8-4-16(5-9-19)15-2-6-18(7-3-15)23-21(25)20-14-24-12-10-17(20)11-13-24/h2-9,17,20H,10-14H2,1H3,(H,23,25)/t20-/m1/s1. The number of ether oxygens (including phenoxy) is 2. The Hall–Kier alpha value is -2.86. The minimum absolute atomic E-state index is 0.101. The highest BCUT2D eigenvalue weighted by atomic mass is 16.7. The Balaban J connectivity index is 1.38. The van der Waals surface area contributed by atoms with E-state index < -0.39 is 6.16 Å². The average Bonchev–Trinajstić information content (AvgIpc) is 2.75. The molecule has 1 atom stereocenters. The smallest absolute Gasteiger partial charge is 0.437 e. The number of benzene rings is 2. The number of carbonyl (C=O) groups excluding carboxylic acids is 2. The van der Waals surface area contributed by atoms with Crippen molar-refractivity contribution in [1.82, 2.24) is 4.90 Å². The molecule has 2 bridgehead atoms.